The van der Waals surface area contributed by atoms with E-state index in [9.17, 15) is 0 Å². The summed E-state index contributed by atoms with van der Waals surface area (Å²) in [5, 5.41) is 7.18. The number of halogens is 1. The molecule has 0 unspecified atom stereocenters. The fraction of sp³-hybridized carbons (Fsp3) is 0.556. The van der Waals surface area contributed by atoms with E-state index in [4.69, 9.17) is 18.9 Å². The first kappa shape index (κ1) is 26.5. The van der Waals surface area contributed by atoms with E-state index in [1.165, 1.54) is 47.9 Å². The monoisotopic (exact) mass is 490 g/mol. The topological polar surface area (TPSA) is 61.0 Å². The van der Waals surface area contributed by atoms with Crippen LogP contribution in [0.1, 0.15) is 54.9 Å². The molecule has 4 rings (SSSR count). The molecule has 2 aliphatic rings. The third kappa shape index (κ3) is 6.71. The van der Waals surface area contributed by atoms with Gasteiger partial charge in [0.2, 0.25) is 13.6 Å². The number of hydrogen-bond acceptors (Lipinski definition) is 6. The predicted octanol–water partition coefficient (Wildman–Crippen LogP) is 4.96. The zero-order valence-corrected chi connectivity index (χ0v) is 21.4. The van der Waals surface area contributed by atoms with Crippen LogP contribution in [0.3, 0.4) is 0 Å². The zero-order valence-electron chi connectivity index (χ0n) is 20.5. The number of nitrogens with one attached hydrogen (secondary N) is 2. The molecule has 0 spiro atoms. The van der Waals surface area contributed by atoms with Crippen LogP contribution in [-0.2, 0) is 19.3 Å². The normalized spacial score (nSPS) is 13.2. The molecule has 0 fully saturated rings. The molecular weight excluding hydrogens is 452 g/mol. The second-order valence-corrected chi connectivity index (χ2v) is 8.79. The van der Waals surface area contributed by atoms with Crippen molar-refractivity contribution in [3.63, 3.8) is 0 Å². The molecule has 0 amide bonds. The number of unbranched alkanes of at least 4 members (excludes halogenated alkanes) is 3. The maximum Gasteiger partial charge on any atom is 0.231 e. The van der Waals surface area contributed by atoms with Gasteiger partial charge in [0, 0.05) is 5.56 Å². The number of hydrogen-bond donors (Lipinski definition) is 2. The van der Waals surface area contributed by atoms with Crippen molar-refractivity contribution in [2.24, 2.45) is 0 Å². The summed E-state index contributed by atoms with van der Waals surface area (Å²) in [5.74, 6) is 3.64. The Kier molecular flexibility index (Phi) is 10.6. The highest BCUT2D eigenvalue weighted by atomic mass is 35.5. The fourth-order valence-corrected chi connectivity index (χ4v) is 4.67. The lowest BCUT2D eigenvalue weighted by Gasteiger charge is -2.11. The molecule has 7 heteroatoms. The minimum Gasteiger partial charge on any atom is -0.454 e. The van der Waals surface area contributed by atoms with Gasteiger partial charge in [-0.05, 0) is 94.0 Å². The van der Waals surface area contributed by atoms with E-state index in [0.717, 1.165) is 68.4 Å². The van der Waals surface area contributed by atoms with Crippen molar-refractivity contribution in [2.45, 2.75) is 58.8 Å². The van der Waals surface area contributed by atoms with E-state index >= 15 is 0 Å². The van der Waals surface area contributed by atoms with Gasteiger partial charge in [0.25, 0.3) is 0 Å². The van der Waals surface area contributed by atoms with Gasteiger partial charge < -0.3 is 29.6 Å². The molecular formula is C27H39ClN2O4. The van der Waals surface area contributed by atoms with E-state index in [2.05, 4.69) is 36.6 Å². The van der Waals surface area contributed by atoms with Crippen LogP contribution in [0.25, 0.3) is 0 Å². The second-order valence-electron chi connectivity index (χ2n) is 8.79. The fourth-order valence-electron chi connectivity index (χ4n) is 4.67. The molecule has 2 aromatic rings. The van der Waals surface area contributed by atoms with Gasteiger partial charge in [0.1, 0.15) is 0 Å². The summed E-state index contributed by atoms with van der Waals surface area (Å²) in [4.78, 5) is 0. The van der Waals surface area contributed by atoms with Crippen molar-refractivity contribution in [1.82, 2.24) is 10.6 Å². The van der Waals surface area contributed by atoms with Crippen molar-refractivity contribution in [3.8, 4) is 23.0 Å². The highest BCUT2D eigenvalue weighted by Gasteiger charge is 2.19. The van der Waals surface area contributed by atoms with Gasteiger partial charge in [-0.15, -0.1) is 12.4 Å². The summed E-state index contributed by atoms with van der Waals surface area (Å²) in [6.45, 7) is 9.17. The second kappa shape index (κ2) is 13.7. The summed E-state index contributed by atoms with van der Waals surface area (Å²) in [5.41, 5.74) is 5.22. The van der Waals surface area contributed by atoms with Crippen molar-refractivity contribution in [3.05, 3.63) is 46.5 Å². The smallest absolute Gasteiger partial charge is 0.231 e. The summed E-state index contributed by atoms with van der Waals surface area (Å²) in [6, 6.07) is 8.42. The SMILES string of the molecule is CCc1c(CCNCCCCCCNCCc2ccc3c(c2C)OCO3)ccc2c1OCO2.Cl. The number of fused-ring (bicyclic) bond motifs is 2. The van der Waals surface area contributed by atoms with Gasteiger partial charge in [-0.1, -0.05) is 31.9 Å². The number of rotatable bonds is 14. The lowest BCUT2D eigenvalue weighted by molar-refractivity contribution is 0.173. The molecule has 0 saturated carbocycles. The van der Waals surface area contributed by atoms with E-state index in [1.54, 1.807) is 0 Å². The molecule has 2 aromatic carbocycles. The molecule has 0 saturated heterocycles. The van der Waals surface area contributed by atoms with Crippen LogP contribution in [0.5, 0.6) is 23.0 Å². The van der Waals surface area contributed by atoms with E-state index in [1.807, 2.05) is 12.1 Å². The number of ether oxygens (including phenoxy) is 4. The maximum absolute atomic E-state index is 5.65. The Bertz CT molecular complexity index is 922. The summed E-state index contributed by atoms with van der Waals surface area (Å²) in [6.07, 6.45) is 8.06. The van der Waals surface area contributed by atoms with Crippen LogP contribution in [-0.4, -0.2) is 39.8 Å². The Morgan fingerprint density at radius 1 is 0.676 bits per heavy atom. The Labute approximate surface area is 210 Å². The van der Waals surface area contributed by atoms with Gasteiger partial charge in [-0.3, -0.25) is 0 Å². The Morgan fingerprint density at radius 2 is 1.24 bits per heavy atom. The first-order chi connectivity index (χ1) is 16.3. The molecule has 2 heterocycles. The predicted molar refractivity (Wildman–Crippen MR) is 138 cm³/mol. The van der Waals surface area contributed by atoms with Crippen molar-refractivity contribution in [2.75, 3.05) is 39.8 Å². The summed E-state index contributed by atoms with van der Waals surface area (Å²) >= 11 is 0. The molecule has 2 N–H and O–H groups in total. The average Bonchev–Trinajstić information content (AvgIpc) is 3.50. The Balaban J connectivity index is 0.00000324. The van der Waals surface area contributed by atoms with Gasteiger partial charge in [-0.2, -0.15) is 0 Å². The highest BCUT2D eigenvalue weighted by Crippen LogP contribution is 2.38. The summed E-state index contributed by atoms with van der Waals surface area (Å²) in [7, 11) is 0. The van der Waals surface area contributed by atoms with Crippen LogP contribution in [0.15, 0.2) is 24.3 Å². The number of benzene rings is 2. The molecule has 0 atom stereocenters. The lowest BCUT2D eigenvalue weighted by Crippen LogP contribution is -2.20. The van der Waals surface area contributed by atoms with Gasteiger partial charge >= 0.3 is 0 Å². The Hall–Kier alpha value is -2.15. The van der Waals surface area contributed by atoms with Crippen LogP contribution < -0.4 is 29.6 Å². The van der Waals surface area contributed by atoms with Crippen LogP contribution in [0.2, 0.25) is 0 Å². The molecule has 0 aromatic heterocycles. The minimum absolute atomic E-state index is 0. The van der Waals surface area contributed by atoms with Gasteiger partial charge in [0.05, 0.1) is 0 Å². The minimum atomic E-state index is 0. The molecule has 34 heavy (non-hydrogen) atoms. The molecule has 188 valence electrons. The van der Waals surface area contributed by atoms with Gasteiger partial charge in [-0.25, -0.2) is 0 Å². The average molecular weight is 491 g/mol. The first-order valence-electron chi connectivity index (χ1n) is 12.5. The highest BCUT2D eigenvalue weighted by molar-refractivity contribution is 5.85. The first-order valence-corrected chi connectivity index (χ1v) is 12.5. The Morgan fingerprint density at radius 3 is 1.88 bits per heavy atom. The largest absolute Gasteiger partial charge is 0.454 e. The maximum atomic E-state index is 5.65. The van der Waals surface area contributed by atoms with Gasteiger partial charge in [0.15, 0.2) is 23.0 Å². The van der Waals surface area contributed by atoms with Crippen LogP contribution >= 0.6 is 12.4 Å². The molecule has 0 aliphatic carbocycles. The third-order valence-corrected chi connectivity index (χ3v) is 6.59. The van der Waals surface area contributed by atoms with Crippen molar-refractivity contribution >= 4 is 12.4 Å². The van der Waals surface area contributed by atoms with Crippen molar-refractivity contribution < 1.29 is 18.9 Å². The van der Waals surface area contributed by atoms with E-state index in [-0.39, 0.29) is 12.4 Å². The molecule has 2 aliphatic heterocycles. The zero-order chi connectivity index (χ0) is 22.9. The standard InChI is InChI=1S/C27H38N2O4.ClH/c1-3-23-22(9-11-25-27(23)33-19-31-25)13-17-29-15-7-5-4-6-14-28-16-12-21-8-10-24-26(20(21)2)32-18-30-24;/h8-11,28-29H,3-7,12-19H2,1-2H3;1H. The van der Waals surface area contributed by atoms with Crippen LogP contribution in [0.4, 0.5) is 0 Å². The quantitative estimate of drug-likeness (QED) is 0.365. The third-order valence-electron chi connectivity index (χ3n) is 6.59. The van der Waals surface area contributed by atoms with Crippen LogP contribution in [0, 0.1) is 6.92 Å². The molecule has 6 nitrogen and oxygen atoms in total. The molecule has 0 radical (unpaired) electrons. The lowest BCUT2D eigenvalue weighted by atomic mass is 10.0. The van der Waals surface area contributed by atoms with Crippen molar-refractivity contribution in [1.29, 1.82) is 0 Å². The van der Waals surface area contributed by atoms with E-state index in [0.29, 0.717) is 13.6 Å². The summed E-state index contributed by atoms with van der Waals surface area (Å²) < 4.78 is 22.2. The molecule has 0 bridgehead atoms. The van der Waals surface area contributed by atoms with E-state index < -0.39 is 0 Å².